The van der Waals surface area contributed by atoms with Gasteiger partial charge in [-0.2, -0.15) is 0 Å². The van der Waals surface area contributed by atoms with E-state index < -0.39 is 5.97 Å². The van der Waals surface area contributed by atoms with Gasteiger partial charge in [-0.3, -0.25) is 4.79 Å². The van der Waals surface area contributed by atoms with Crippen LogP contribution in [-0.4, -0.2) is 24.0 Å². The van der Waals surface area contributed by atoms with Gasteiger partial charge in [0.1, 0.15) is 5.52 Å². The second-order valence-corrected chi connectivity index (χ2v) is 6.97. The summed E-state index contributed by atoms with van der Waals surface area (Å²) < 4.78 is 10.4. The molecule has 0 aliphatic heterocycles. The zero-order valence-electron chi connectivity index (χ0n) is 15.1. The first-order valence-corrected chi connectivity index (χ1v) is 8.19. The van der Waals surface area contributed by atoms with Gasteiger partial charge in [0.2, 0.25) is 5.89 Å². The van der Waals surface area contributed by atoms with Gasteiger partial charge >= 0.3 is 5.97 Å². The molecular formula is C20H20N2O4. The molecule has 0 saturated carbocycles. The molecule has 6 heteroatoms. The Hall–Kier alpha value is -3.15. The molecule has 6 nitrogen and oxygen atoms in total. The largest absolute Gasteiger partial charge is 0.465 e. The molecule has 2 aromatic carbocycles. The van der Waals surface area contributed by atoms with Gasteiger partial charge in [-0.05, 0) is 42.5 Å². The van der Waals surface area contributed by atoms with Crippen molar-refractivity contribution in [3.8, 4) is 0 Å². The monoisotopic (exact) mass is 352 g/mol. The minimum absolute atomic E-state index is 0.191. The van der Waals surface area contributed by atoms with Crippen LogP contribution in [0.3, 0.4) is 0 Å². The van der Waals surface area contributed by atoms with Gasteiger partial charge < -0.3 is 14.5 Å². The molecule has 3 aromatic rings. The van der Waals surface area contributed by atoms with E-state index in [2.05, 4.69) is 15.0 Å². The molecule has 1 heterocycles. The number of methoxy groups -OCH3 is 1. The molecule has 0 aliphatic rings. The summed E-state index contributed by atoms with van der Waals surface area (Å²) in [5, 5.41) is 2.82. The van der Waals surface area contributed by atoms with Gasteiger partial charge in [0.15, 0.2) is 5.58 Å². The highest BCUT2D eigenvalue weighted by Gasteiger charge is 2.21. The molecule has 0 saturated heterocycles. The van der Waals surface area contributed by atoms with Gasteiger partial charge in [-0.1, -0.05) is 20.8 Å². The van der Waals surface area contributed by atoms with Gasteiger partial charge in [-0.15, -0.1) is 0 Å². The summed E-state index contributed by atoms with van der Waals surface area (Å²) in [6.07, 6.45) is 0. The second kappa shape index (κ2) is 6.63. The summed E-state index contributed by atoms with van der Waals surface area (Å²) in [6, 6.07) is 11.6. The Kier molecular flexibility index (Phi) is 4.50. The van der Waals surface area contributed by atoms with E-state index in [1.807, 2.05) is 20.8 Å². The quantitative estimate of drug-likeness (QED) is 0.716. The molecule has 0 fully saturated rings. The number of anilines is 1. The molecule has 0 spiro atoms. The van der Waals surface area contributed by atoms with E-state index in [4.69, 9.17) is 4.42 Å². The van der Waals surface area contributed by atoms with Crippen LogP contribution in [0, 0.1) is 0 Å². The molecule has 0 aliphatic carbocycles. The normalized spacial score (nSPS) is 11.4. The Morgan fingerprint density at radius 1 is 1.04 bits per heavy atom. The first-order chi connectivity index (χ1) is 12.3. The number of fused-ring (bicyclic) bond motifs is 1. The number of amides is 1. The molecular weight excluding hydrogens is 332 g/mol. The lowest BCUT2D eigenvalue weighted by Gasteiger charge is -2.11. The molecule has 0 atom stereocenters. The maximum atomic E-state index is 12.4. The van der Waals surface area contributed by atoms with Crippen LogP contribution in [0.4, 0.5) is 5.69 Å². The van der Waals surface area contributed by atoms with Crippen molar-refractivity contribution in [3.05, 3.63) is 59.5 Å². The standard InChI is InChI=1S/C20H20N2O4/c1-20(2,3)19-22-15-11-14(9-10-16(15)26-19)21-17(23)12-5-7-13(8-6-12)18(24)25-4/h5-11H,1-4H3,(H,21,23). The number of aromatic nitrogens is 1. The maximum Gasteiger partial charge on any atom is 0.337 e. The van der Waals surface area contributed by atoms with E-state index in [-0.39, 0.29) is 11.3 Å². The molecule has 3 rings (SSSR count). The lowest BCUT2D eigenvalue weighted by molar-refractivity contribution is 0.0600. The molecule has 1 amide bonds. The fraction of sp³-hybridized carbons (Fsp3) is 0.250. The first-order valence-electron chi connectivity index (χ1n) is 8.19. The molecule has 0 radical (unpaired) electrons. The molecule has 1 aromatic heterocycles. The summed E-state index contributed by atoms with van der Waals surface area (Å²) in [5.74, 6) is -0.0715. The van der Waals surface area contributed by atoms with E-state index in [0.29, 0.717) is 33.8 Å². The Balaban J connectivity index is 1.79. The van der Waals surface area contributed by atoms with E-state index in [0.717, 1.165) is 0 Å². The van der Waals surface area contributed by atoms with Crippen LogP contribution in [-0.2, 0) is 10.2 Å². The predicted molar refractivity (Wildman–Crippen MR) is 98.4 cm³/mol. The molecule has 0 unspecified atom stereocenters. The predicted octanol–water partition coefficient (Wildman–Crippen LogP) is 4.16. The first kappa shape index (κ1) is 17.7. The van der Waals surface area contributed by atoms with Crippen molar-refractivity contribution in [1.29, 1.82) is 0 Å². The number of oxazole rings is 1. The number of rotatable bonds is 3. The number of carbonyl (C=O) groups is 2. The Morgan fingerprint density at radius 2 is 1.69 bits per heavy atom. The van der Waals surface area contributed by atoms with E-state index in [1.54, 1.807) is 42.5 Å². The summed E-state index contributed by atoms with van der Waals surface area (Å²) in [6.45, 7) is 6.08. The van der Waals surface area contributed by atoms with E-state index in [1.165, 1.54) is 7.11 Å². The molecule has 0 bridgehead atoms. The fourth-order valence-corrected chi connectivity index (χ4v) is 2.40. The highest BCUT2D eigenvalue weighted by atomic mass is 16.5. The van der Waals surface area contributed by atoms with Crippen LogP contribution in [0.2, 0.25) is 0 Å². The summed E-state index contributed by atoms with van der Waals surface area (Å²) in [5.41, 5.74) is 2.62. The van der Waals surface area contributed by atoms with Crippen LogP contribution in [0.25, 0.3) is 11.1 Å². The average Bonchev–Trinajstić information content (AvgIpc) is 3.05. The summed E-state index contributed by atoms with van der Waals surface area (Å²) in [7, 11) is 1.31. The van der Waals surface area contributed by atoms with Crippen LogP contribution >= 0.6 is 0 Å². The maximum absolute atomic E-state index is 12.4. The Labute approximate surface area is 151 Å². The third-order valence-corrected chi connectivity index (χ3v) is 3.86. The van der Waals surface area contributed by atoms with E-state index in [9.17, 15) is 9.59 Å². The third kappa shape index (κ3) is 3.59. The smallest absolute Gasteiger partial charge is 0.337 e. The van der Waals surface area contributed by atoms with E-state index >= 15 is 0 Å². The van der Waals surface area contributed by atoms with Crippen LogP contribution in [0.15, 0.2) is 46.9 Å². The number of hydrogen-bond acceptors (Lipinski definition) is 5. The van der Waals surface area contributed by atoms with Crippen molar-refractivity contribution in [1.82, 2.24) is 4.98 Å². The van der Waals surface area contributed by atoms with Crippen LogP contribution in [0.5, 0.6) is 0 Å². The lowest BCUT2D eigenvalue weighted by Crippen LogP contribution is -2.12. The van der Waals surface area contributed by atoms with Crippen molar-refractivity contribution in [2.75, 3.05) is 12.4 Å². The van der Waals surface area contributed by atoms with Crippen molar-refractivity contribution in [3.63, 3.8) is 0 Å². The fourth-order valence-electron chi connectivity index (χ4n) is 2.40. The summed E-state index contributed by atoms with van der Waals surface area (Å²) >= 11 is 0. The number of esters is 1. The highest BCUT2D eigenvalue weighted by Crippen LogP contribution is 2.27. The molecule has 1 N–H and O–H groups in total. The van der Waals surface area contributed by atoms with Gasteiger partial charge in [0.25, 0.3) is 5.91 Å². The second-order valence-electron chi connectivity index (χ2n) is 6.97. The van der Waals surface area contributed by atoms with Gasteiger partial charge in [0.05, 0.1) is 12.7 Å². The Bertz CT molecular complexity index is 966. The van der Waals surface area contributed by atoms with Crippen LogP contribution in [0.1, 0.15) is 47.4 Å². The number of hydrogen-bond donors (Lipinski definition) is 1. The number of benzene rings is 2. The topological polar surface area (TPSA) is 81.4 Å². The minimum Gasteiger partial charge on any atom is -0.465 e. The minimum atomic E-state index is -0.442. The van der Waals surface area contributed by atoms with Crippen molar-refractivity contribution >= 4 is 28.7 Å². The third-order valence-electron chi connectivity index (χ3n) is 3.86. The SMILES string of the molecule is COC(=O)c1ccc(C(=O)Nc2ccc3oc(C(C)(C)C)nc3c2)cc1. The zero-order valence-corrected chi connectivity index (χ0v) is 15.1. The van der Waals surface area contributed by atoms with Gasteiger partial charge in [0, 0.05) is 16.7 Å². The van der Waals surface area contributed by atoms with Crippen molar-refractivity contribution in [2.24, 2.45) is 0 Å². The number of nitrogens with one attached hydrogen (secondary N) is 1. The molecule has 26 heavy (non-hydrogen) atoms. The number of carbonyl (C=O) groups excluding carboxylic acids is 2. The van der Waals surface area contributed by atoms with Crippen molar-refractivity contribution in [2.45, 2.75) is 26.2 Å². The van der Waals surface area contributed by atoms with Crippen LogP contribution < -0.4 is 5.32 Å². The summed E-state index contributed by atoms with van der Waals surface area (Å²) in [4.78, 5) is 28.3. The van der Waals surface area contributed by atoms with Crippen molar-refractivity contribution < 1.29 is 18.7 Å². The average molecular weight is 352 g/mol. The van der Waals surface area contributed by atoms with Gasteiger partial charge in [-0.25, -0.2) is 9.78 Å². The Morgan fingerprint density at radius 3 is 2.31 bits per heavy atom. The number of nitrogens with zero attached hydrogens (tertiary/aromatic N) is 1. The number of ether oxygens (including phenoxy) is 1. The molecule has 134 valence electrons. The highest BCUT2D eigenvalue weighted by molar-refractivity contribution is 6.05. The zero-order chi connectivity index (χ0) is 18.9. The lowest BCUT2D eigenvalue weighted by atomic mass is 9.97.